The molecule has 3 atom stereocenters. The van der Waals surface area contributed by atoms with Gasteiger partial charge in [0.25, 0.3) is 0 Å². The first kappa shape index (κ1) is 27.1. The van der Waals surface area contributed by atoms with Crippen molar-refractivity contribution in [2.75, 3.05) is 26.2 Å². The second kappa shape index (κ2) is 14.2. The Kier molecular flexibility index (Phi) is 12.0. The van der Waals surface area contributed by atoms with Gasteiger partial charge in [-0.2, -0.15) is 0 Å². The van der Waals surface area contributed by atoms with Crippen molar-refractivity contribution >= 4 is 29.7 Å². The van der Waals surface area contributed by atoms with Crippen LogP contribution < -0.4 is 33.6 Å². The lowest BCUT2D eigenvalue weighted by molar-refractivity contribution is -0.149. The molecule has 13 heteroatoms. The van der Waals surface area contributed by atoms with Crippen LogP contribution in [0, 0.1) is 0 Å². The molecule has 0 aromatic heterocycles. The van der Waals surface area contributed by atoms with Crippen LogP contribution in [0.4, 0.5) is 0 Å². The number of guanidine groups is 1. The van der Waals surface area contributed by atoms with E-state index < -0.39 is 41.8 Å². The molecule has 0 saturated carbocycles. The molecule has 11 N–H and O–H groups in total. The average molecular weight is 457 g/mol. The predicted molar refractivity (Wildman–Crippen MR) is 118 cm³/mol. The number of aliphatic carboxylic acids is 1. The molecule has 0 spiro atoms. The van der Waals surface area contributed by atoms with Crippen LogP contribution in [0.2, 0.25) is 0 Å². The van der Waals surface area contributed by atoms with E-state index in [4.69, 9.17) is 22.9 Å². The van der Waals surface area contributed by atoms with Gasteiger partial charge in [0, 0.05) is 13.1 Å². The van der Waals surface area contributed by atoms with Crippen LogP contribution in [0.25, 0.3) is 0 Å². The van der Waals surface area contributed by atoms with Crippen LogP contribution in [-0.2, 0) is 19.2 Å². The lowest BCUT2D eigenvalue weighted by atomic mass is 10.1. The fourth-order valence-electron chi connectivity index (χ4n) is 3.43. The van der Waals surface area contributed by atoms with Gasteiger partial charge in [-0.15, -0.1) is 0 Å². The Morgan fingerprint density at radius 3 is 2.47 bits per heavy atom. The molecule has 13 nitrogen and oxygen atoms in total. The van der Waals surface area contributed by atoms with Gasteiger partial charge < -0.3 is 43.6 Å². The smallest absolute Gasteiger partial charge is 0.326 e. The van der Waals surface area contributed by atoms with E-state index in [0.717, 1.165) is 6.42 Å². The molecule has 0 aliphatic carbocycles. The summed E-state index contributed by atoms with van der Waals surface area (Å²) in [6.07, 6.45) is 3.41. The summed E-state index contributed by atoms with van der Waals surface area (Å²) in [6, 6.07) is -2.65. The Balaban J connectivity index is 2.68. The number of hydrogen-bond donors (Lipinski definition) is 7. The Morgan fingerprint density at radius 2 is 1.84 bits per heavy atom. The summed E-state index contributed by atoms with van der Waals surface area (Å²) in [5, 5.41) is 14.4. The maximum absolute atomic E-state index is 13.0. The second-order valence-electron chi connectivity index (χ2n) is 7.71. The van der Waals surface area contributed by atoms with Gasteiger partial charge in [0.1, 0.15) is 12.1 Å². The van der Waals surface area contributed by atoms with Crippen LogP contribution in [0.3, 0.4) is 0 Å². The molecule has 1 heterocycles. The lowest BCUT2D eigenvalue weighted by Gasteiger charge is -2.27. The maximum Gasteiger partial charge on any atom is 0.326 e. The number of rotatable bonds is 14. The van der Waals surface area contributed by atoms with E-state index in [0.29, 0.717) is 45.2 Å². The Bertz CT molecular complexity index is 683. The number of aliphatic imine (C=N–C) groups is 1. The highest BCUT2D eigenvalue weighted by Gasteiger charge is 2.37. The summed E-state index contributed by atoms with van der Waals surface area (Å²) in [4.78, 5) is 53.9. The van der Waals surface area contributed by atoms with Crippen molar-refractivity contribution in [1.82, 2.24) is 15.5 Å². The van der Waals surface area contributed by atoms with E-state index in [9.17, 15) is 24.3 Å². The fraction of sp³-hybridized carbons (Fsp3) is 0.737. The van der Waals surface area contributed by atoms with Gasteiger partial charge in [-0.1, -0.05) is 6.42 Å². The van der Waals surface area contributed by atoms with Crippen LogP contribution in [0.1, 0.15) is 44.9 Å². The topological polar surface area (TPSA) is 232 Å². The first-order valence-corrected chi connectivity index (χ1v) is 10.8. The highest BCUT2D eigenvalue weighted by Crippen LogP contribution is 2.19. The Hall–Kier alpha value is -2.93. The Morgan fingerprint density at radius 1 is 1.12 bits per heavy atom. The largest absolute Gasteiger partial charge is 0.480 e. The third kappa shape index (κ3) is 9.47. The number of likely N-dealkylation sites (tertiary alicyclic amines) is 1. The number of nitrogens with two attached hydrogens (primary N) is 4. The summed E-state index contributed by atoms with van der Waals surface area (Å²) < 4.78 is 0. The molecule has 0 radical (unpaired) electrons. The van der Waals surface area contributed by atoms with Gasteiger partial charge >= 0.3 is 5.97 Å². The van der Waals surface area contributed by atoms with E-state index in [1.165, 1.54) is 4.90 Å². The molecule has 0 aromatic carbocycles. The molecular formula is C19H36N8O5. The Labute approximate surface area is 187 Å². The van der Waals surface area contributed by atoms with E-state index >= 15 is 0 Å². The number of carboxylic acids is 1. The van der Waals surface area contributed by atoms with Gasteiger partial charge in [-0.25, -0.2) is 4.79 Å². The standard InChI is InChI=1S/C19H36N8O5/c20-8-2-1-5-12(21)16(29)25-11-15(28)26-13(6-3-9-24-19(22)23)17(30)27-10-4-7-14(27)18(31)32/h12-14H,1-11,20-21H2,(H,25,29)(H,26,28)(H,31,32)(H4,22,23,24)/t12-,13-,14-/m0/s1. The number of hydrogen-bond acceptors (Lipinski definition) is 7. The van der Waals surface area contributed by atoms with E-state index in [1.807, 2.05) is 0 Å². The van der Waals surface area contributed by atoms with Gasteiger partial charge in [-0.05, 0) is 45.1 Å². The van der Waals surface area contributed by atoms with Crippen molar-refractivity contribution in [3.8, 4) is 0 Å². The lowest BCUT2D eigenvalue weighted by Crippen LogP contribution is -2.53. The maximum atomic E-state index is 13.0. The van der Waals surface area contributed by atoms with Crippen LogP contribution >= 0.6 is 0 Å². The fourth-order valence-corrected chi connectivity index (χ4v) is 3.43. The van der Waals surface area contributed by atoms with Crippen molar-refractivity contribution in [2.24, 2.45) is 27.9 Å². The van der Waals surface area contributed by atoms with Crippen molar-refractivity contribution < 1.29 is 24.3 Å². The number of carbonyl (C=O) groups is 4. The van der Waals surface area contributed by atoms with Crippen LogP contribution in [-0.4, -0.2) is 84.0 Å². The third-order valence-electron chi connectivity index (χ3n) is 5.13. The normalized spacial score (nSPS) is 17.3. The quantitative estimate of drug-likeness (QED) is 0.0809. The van der Waals surface area contributed by atoms with Crippen molar-refractivity contribution in [3.05, 3.63) is 0 Å². The molecule has 0 unspecified atom stereocenters. The number of nitrogens with zero attached hydrogens (tertiary/aromatic N) is 2. The molecule has 182 valence electrons. The van der Waals surface area contributed by atoms with E-state index in [1.54, 1.807) is 0 Å². The zero-order chi connectivity index (χ0) is 24.1. The van der Waals surface area contributed by atoms with E-state index in [-0.39, 0.29) is 25.5 Å². The average Bonchev–Trinajstić information content (AvgIpc) is 3.23. The molecule has 3 amide bonds. The van der Waals surface area contributed by atoms with Gasteiger partial charge in [0.2, 0.25) is 17.7 Å². The zero-order valence-electron chi connectivity index (χ0n) is 18.3. The third-order valence-corrected chi connectivity index (χ3v) is 5.13. The zero-order valence-corrected chi connectivity index (χ0v) is 18.3. The number of carbonyl (C=O) groups excluding carboxylic acids is 3. The number of amides is 3. The SMILES string of the molecule is NCCCC[C@H](N)C(=O)NCC(=O)N[C@@H](CCCN=C(N)N)C(=O)N1CCC[C@H]1C(=O)O. The molecule has 1 aliphatic rings. The van der Waals surface area contributed by atoms with E-state index in [2.05, 4.69) is 15.6 Å². The molecule has 0 bridgehead atoms. The number of nitrogens with one attached hydrogen (secondary N) is 2. The summed E-state index contributed by atoms with van der Waals surface area (Å²) in [5.74, 6) is -2.72. The minimum atomic E-state index is -1.09. The predicted octanol–water partition coefficient (Wildman–Crippen LogP) is -2.83. The molecule has 1 fully saturated rings. The van der Waals surface area contributed by atoms with Crippen molar-refractivity contribution in [3.63, 3.8) is 0 Å². The molecular weight excluding hydrogens is 420 g/mol. The van der Waals surface area contributed by atoms with Crippen molar-refractivity contribution in [2.45, 2.75) is 63.1 Å². The highest BCUT2D eigenvalue weighted by atomic mass is 16.4. The summed E-state index contributed by atoms with van der Waals surface area (Å²) >= 11 is 0. The minimum Gasteiger partial charge on any atom is -0.480 e. The van der Waals surface area contributed by atoms with Crippen molar-refractivity contribution in [1.29, 1.82) is 0 Å². The molecule has 1 aliphatic heterocycles. The monoisotopic (exact) mass is 456 g/mol. The highest BCUT2D eigenvalue weighted by molar-refractivity contribution is 5.92. The number of carboxylic acid groups (broad SMARTS) is 1. The number of unbranched alkanes of at least 4 members (excludes halogenated alkanes) is 1. The summed E-state index contributed by atoms with van der Waals surface area (Å²) in [7, 11) is 0. The summed E-state index contributed by atoms with van der Waals surface area (Å²) in [5.41, 5.74) is 21.8. The first-order valence-electron chi connectivity index (χ1n) is 10.8. The molecule has 0 aromatic rings. The summed E-state index contributed by atoms with van der Waals surface area (Å²) in [6.45, 7) is 0.696. The molecule has 1 rings (SSSR count). The second-order valence-corrected chi connectivity index (χ2v) is 7.71. The van der Waals surface area contributed by atoms with Gasteiger partial charge in [-0.3, -0.25) is 19.4 Å². The minimum absolute atomic E-state index is 0.0899. The first-order chi connectivity index (χ1) is 15.2. The van der Waals surface area contributed by atoms with Gasteiger partial charge in [0.15, 0.2) is 5.96 Å². The van der Waals surface area contributed by atoms with Crippen LogP contribution in [0.15, 0.2) is 4.99 Å². The molecule has 32 heavy (non-hydrogen) atoms. The molecule has 1 saturated heterocycles. The van der Waals surface area contributed by atoms with Crippen LogP contribution in [0.5, 0.6) is 0 Å². The van der Waals surface area contributed by atoms with Gasteiger partial charge in [0.05, 0.1) is 12.6 Å².